The Morgan fingerprint density at radius 1 is 1.21 bits per heavy atom. The van der Waals surface area contributed by atoms with Gasteiger partial charge in [-0.05, 0) is 39.8 Å². The van der Waals surface area contributed by atoms with E-state index >= 15 is 0 Å². The molecule has 1 aromatic rings. The highest BCUT2D eigenvalue weighted by Gasteiger charge is 2.50. The fourth-order valence-electron chi connectivity index (χ4n) is 4.36. The van der Waals surface area contributed by atoms with E-state index in [1.165, 1.54) is 9.88 Å². The van der Waals surface area contributed by atoms with E-state index in [2.05, 4.69) is 28.6 Å². The molecule has 3 fully saturated rings. The number of ether oxygens (including phenoxy) is 2. The van der Waals surface area contributed by atoms with Crippen molar-refractivity contribution >= 4 is 23.8 Å². The first-order valence-electron chi connectivity index (χ1n) is 10.2. The Morgan fingerprint density at radius 2 is 1.86 bits per heavy atom. The molecule has 0 bridgehead atoms. The first-order valence-corrected chi connectivity index (χ1v) is 11.0. The third-order valence-electron chi connectivity index (χ3n) is 6.14. The average molecular weight is 426 g/mol. The minimum absolute atomic E-state index is 0.0383. The van der Waals surface area contributed by atoms with Crippen molar-refractivity contribution in [3.05, 3.63) is 15.6 Å². The maximum absolute atomic E-state index is 12.6. The lowest BCUT2D eigenvalue weighted by Crippen LogP contribution is -2.43. The number of carbonyl (C=O) groups excluding carboxylic acids is 1. The molecule has 162 valence electrons. The summed E-state index contributed by atoms with van der Waals surface area (Å²) < 4.78 is 11.2. The highest BCUT2D eigenvalue weighted by molar-refractivity contribution is 7.11. The van der Waals surface area contributed by atoms with Gasteiger partial charge >= 0.3 is 5.97 Å². The van der Waals surface area contributed by atoms with Crippen molar-refractivity contribution in [2.24, 2.45) is 5.41 Å². The number of piperidine rings is 1. The summed E-state index contributed by atoms with van der Waals surface area (Å²) in [7, 11) is 0. The summed E-state index contributed by atoms with van der Waals surface area (Å²) in [4.78, 5) is 31.7. The number of hydrogen-bond acceptors (Lipinski definition) is 8. The molecule has 0 saturated carbocycles. The van der Waals surface area contributed by atoms with Crippen molar-refractivity contribution < 1.29 is 24.2 Å². The molecule has 3 saturated heterocycles. The summed E-state index contributed by atoms with van der Waals surface area (Å²) in [6.07, 6.45) is 2.76. The quantitative estimate of drug-likeness (QED) is 0.576. The van der Waals surface area contributed by atoms with E-state index in [0.29, 0.717) is 0 Å². The van der Waals surface area contributed by atoms with E-state index in [4.69, 9.17) is 19.4 Å². The predicted molar refractivity (Wildman–Crippen MR) is 109 cm³/mol. The van der Waals surface area contributed by atoms with E-state index in [0.717, 1.165) is 77.4 Å². The summed E-state index contributed by atoms with van der Waals surface area (Å²) >= 11 is 1.79. The number of nitrogens with zero attached hydrogens (tertiary/aromatic N) is 3. The van der Waals surface area contributed by atoms with E-state index in [9.17, 15) is 4.79 Å². The number of aryl methyl sites for hydroxylation is 2. The van der Waals surface area contributed by atoms with Crippen molar-refractivity contribution in [3.8, 4) is 0 Å². The minimum atomic E-state index is -0.250. The maximum atomic E-state index is 12.6. The molecule has 1 unspecified atom stereocenters. The fourth-order valence-corrected chi connectivity index (χ4v) is 5.33. The molecule has 3 aliphatic rings. The van der Waals surface area contributed by atoms with E-state index in [1.54, 1.807) is 11.3 Å². The van der Waals surface area contributed by atoms with Crippen molar-refractivity contribution in [2.45, 2.75) is 45.8 Å². The molecule has 4 heterocycles. The van der Waals surface area contributed by atoms with Crippen LogP contribution in [0.1, 0.15) is 34.8 Å². The molecular weight excluding hydrogens is 394 g/mol. The van der Waals surface area contributed by atoms with Gasteiger partial charge in [0.25, 0.3) is 6.47 Å². The predicted octanol–water partition coefficient (Wildman–Crippen LogP) is 1.69. The first-order chi connectivity index (χ1) is 14.0. The Hall–Kier alpha value is -1.55. The third kappa shape index (κ3) is 5.53. The van der Waals surface area contributed by atoms with Crippen LogP contribution in [0.5, 0.6) is 0 Å². The van der Waals surface area contributed by atoms with Crippen LogP contribution in [0, 0.1) is 19.3 Å². The van der Waals surface area contributed by atoms with E-state index in [1.807, 2.05) is 0 Å². The molecule has 8 nitrogen and oxygen atoms in total. The highest BCUT2D eigenvalue weighted by atomic mass is 32.1. The van der Waals surface area contributed by atoms with Gasteiger partial charge in [-0.25, -0.2) is 4.98 Å². The van der Waals surface area contributed by atoms with Crippen LogP contribution in [0.3, 0.4) is 0 Å². The smallest absolute Gasteiger partial charge is 0.312 e. The summed E-state index contributed by atoms with van der Waals surface area (Å²) in [5.41, 5.74) is 0.895. The van der Waals surface area contributed by atoms with Crippen LogP contribution in [0.25, 0.3) is 0 Å². The van der Waals surface area contributed by atoms with Crippen LogP contribution < -0.4 is 0 Å². The van der Waals surface area contributed by atoms with Crippen molar-refractivity contribution in [2.75, 3.05) is 45.9 Å². The minimum Gasteiger partial charge on any atom is -0.483 e. The zero-order valence-corrected chi connectivity index (χ0v) is 18.1. The lowest BCUT2D eigenvalue weighted by molar-refractivity contribution is -0.151. The number of hydrogen-bond donors (Lipinski definition) is 1. The van der Waals surface area contributed by atoms with Crippen molar-refractivity contribution in [1.29, 1.82) is 0 Å². The lowest BCUT2D eigenvalue weighted by Gasteiger charge is -2.36. The van der Waals surface area contributed by atoms with Crippen LogP contribution in [0.2, 0.25) is 0 Å². The molecule has 0 aromatic carbocycles. The molecule has 1 N–H and O–H groups in total. The molecular formula is C20H31N3O5S. The van der Waals surface area contributed by atoms with Gasteiger partial charge < -0.3 is 14.6 Å². The van der Waals surface area contributed by atoms with Gasteiger partial charge in [-0.15, -0.1) is 11.3 Å². The zero-order valence-electron chi connectivity index (χ0n) is 17.3. The summed E-state index contributed by atoms with van der Waals surface area (Å²) in [5.74, 6) is 0.0383. The Morgan fingerprint density at radius 3 is 2.45 bits per heavy atom. The Labute approximate surface area is 175 Å². The number of rotatable bonds is 4. The number of cyclic esters (lactones) is 1. The Balaban J connectivity index is 0.000000755. The number of carboxylic acid groups (broad SMARTS) is 1. The number of carbonyl (C=O) groups is 2. The first kappa shape index (κ1) is 22.1. The van der Waals surface area contributed by atoms with Crippen LogP contribution in [-0.2, 0) is 25.6 Å². The summed E-state index contributed by atoms with van der Waals surface area (Å²) in [5, 5.41) is 8.08. The molecule has 1 aromatic heterocycles. The molecule has 1 atom stereocenters. The number of aromatic nitrogens is 1. The van der Waals surface area contributed by atoms with Gasteiger partial charge in [0.15, 0.2) is 0 Å². The largest absolute Gasteiger partial charge is 0.483 e. The van der Waals surface area contributed by atoms with Gasteiger partial charge in [0.1, 0.15) is 11.1 Å². The van der Waals surface area contributed by atoms with Gasteiger partial charge in [0.2, 0.25) is 0 Å². The second-order valence-electron chi connectivity index (χ2n) is 8.06. The molecule has 0 aliphatic carbocycles. The summed E-state index contributed by atoms with van der Waals surface area (Å²) in [6, 6.07) is 0. The van der Waals surface area contributed by atoms with Gasteiger partial charge in [-0.3, -0.25) is 19.4 Å². The standard InChI is InChI=1S/C19H29N3O3S.CH2O2/c1-14-15(2)26-17(20-14)13-21-5-3-19(4-6-21)11-16(25-18(19)23)12-22-7-9-24-10-8-22;2-1-3/h16H,3-13H2,1-2H3;1H,(H,2,3). The monoisotopic (exact) mass is 425 g/mol. The molecule has 29 heavy (non-hydrogen) atoms. The number of thiazole rings is 1. The second kappa shape index (κ2) is 9.97. The summed E-state index contributed by atoms with van der Waals surface area (Å²) in [6.45, 7) is 11.1. The van der Waals surface area contributed by atoms with Crippen LogP contribution >= 0.6 is 11.3 Å². The van der Waals surface area contributed by atoms with Crippen molar-refractivity contribution in [3.63, 3.8) is 0 Å². The average Bonchev–Trinajstić information content (AvgIpc) is 3.17. The van der Waals surface area contributed by atoms with Gasteiger partial charge in [0.05, 0.1) is 30.9 Å². The van der Waals surface area contributed by atoms with Crippen molar-refractivity contribution in [1.82, 2.24) is 14.8 Å². The topological polar surface area (TPSA) is 92.2 Å². The zero-order chi connectivity index (χ0) is 20.9. The van der Waals surface area contributed by atoms with E-state index in [-0.39, 0.29) is 24.0 Å². The SMILES string of the molecule is Cc1nc(CN2CCC3(CC2)CC(CN2CCOCC2)OC3=O)sc1C.O=CO. The molecule has 9 heteroatoms. The Kier molecular flexibility index (Phi) is 7.61. The number of likely N-dealkylation sites (tertiary alicyclic amines) is 1. The van der Waals surface area contributed by atoms with Gasteiger partial charge in [0, 0.05) is 30.9 Å². The molecule has 3 aliphatic heterocycles. The molecule has 1 spiro atoms. The lowest BCUT2D eigenvalue weighted by atomic mass is 9.76. The van der Waals surface area contributed by atoms with Crippen LogP contribution in [0.15, 0.2) is 0 Å². The fraction of sp³-hybridized carbons (Fsp3) is 0.750. The van der Waals surface area contributed by atoms with Crippen LogP contribution in [-0.4, -0.2) is 84.4 Å². The molecule has 0 amide bonds. The third-order valence-corrected chi connectivity index (χ3v) is 7.19. The maximum Gasteiger partial charge on any atom is 0.312 e. The normalized spacial score (nSPS) is 24.8. The Bertz CT molecular complexity index is 677. The van der Waals surface area contributed by atoms with Crippen LogP contribution in [0.4, 0.5) is 0 Å². The van der Waals surface area contributed by atoms with E-state index < -0.39 is 0 Å². The molecule has 4 rings (SSSR count). The molecule has 0 radical (unpaired) electrons. The van der Waals surface area contributed by atoms with Gasteiger partial charge in [-0.2, -0.15) is 0 Å². The highest BCUT2D eigenvalue weighted by Crippen LogP contribution is 2.43. The van der Waals surface area contributed by atoms with Gasteiger partial charge in [-0.1, -0.05) is 0 Å². The number of morpholine rings is 1. The second-order valence-corrected chi connectivity index (χ2v) is 9.34. The number of esters is 1.